The van der Waals surface area contributed by atoms with Crippen LogP contribution in [0.15, 0.2) is 24.3 Å². The zero-order chi connectivity index (χ0) is 16.4. The predicted octanol–water partition coefficient (Wildman–Crippen LogP) is 3.23. The number of rotatable bonds is 3. The van der Waals surface area contributed by atoms with Crippen molar-refractivity contribution in [1.29, 1.82) is 0 Å². The Morgan fingerprint density at radius 3 is 2.74 bits per heavy atom. The molecule has 2 fully saturated rings. The number of nitrogens with zero attached hydrogens (tertiary/aromatic N) is 1. The number of piperidine rings is 1. The van der Waals surface area contributed by atoms with E-state index in [0.29, 0.717) is 24.8 Å². The van der Waals surface area contributed by atoms with Crippen molar-refractivity contribution in [3.63, 3.8) is 0 Å². The summed E-state index contributed by atoms with van der Waals surface area (Å²) in [6.07, 6.45) is 1.89. The Bertz CT molecular complexity index is 569. The van der Waals surface area contributed by atoms with Crippen LogP contribution in [-0.2, 0) is 19.7 Å². The van der Waals surface area contributed by atoms with Gasteiger partial charge in [0.2, 0.25) is 5.91 Å². The summed E-state index contributed by atoms with van der Waals surface area (Å²) in [5.74, 6) is 0.410. The summed E-state index contributed by atoms with van der Waals surface area (Å²) in [5.41, 5.74) is 0.356. The highest BCUT2D eigenvalue weighted by molar-refractivity contribution is 6.30. The maximum absolute atomic E-state index is 13.1. The molecule has 0 aliphatic carbocycles. The molecule has 2 saturated heterocycles. The third-order valence-corrected chi connectivity index (χ3v) is 5.09. The van der Waals surface area contributed by atoms with Crippen molar-refractivity contribution in [2.45, 2.75) is 38.4 Å². The lowest BCUT2D eigenvalue weighted by atomic mass is 9.82. The Morgan fingerprint density at radius 1 is 1.30 bits per heavy atom. The van der Waals surface area contributed by atoms with Gasteiger partial charge in [-0.05, 0) is 44.4 Å². The van der Waals surface area contributed by atoms with Crippen LogP contribution in [0.1, 0.15) is 32.3 Å². The van der Waals surface area contributed by atoms with Crippen LogP contribution in [0.3, 0.4) is 0 Å². The molecule has 0 spiro atoms. The number of hydrogen-bond donors (Lipinski definition) is 0. The number of carbonyl (C=O) groups excluding carboxylic acids is 1. The van der Waals surface area contributed by atoms with Crippen LogP contribution in [0, 0.1) is 5.92 Å². The Balaban J connectivity index is 1.73. The summed E-state index contributed by atoms with van der Waals surface area (Å²) in [7, 11) is 0. The minimum atomic E-state index is -0.593. The van der Waals surface area contributed by atoms with E-state index in [-0.39, 0.29) is 18.1 Å². The molecular weight excluding hydrogens is 314 g/mol. The first-order valence-corrected chi connectivity index (χ1v) is 8.65. The van der Waals surface area contributed by atoms with Gasteiger partial charge in [-0.15, -0.1) is 0 Å². The zero-order valence-corrected chi connectivity index (χ0v) is 14.5. The maximum Gasteiger partial charge on any atom is 0.232 e. The molecule has 1 aromatic carbocycles. The summed E-state index contributed by atoms with van der Waals surface area (Å²) in [6.45, 7) is 6.74. The molecule has 0 unspecified atom stereocenters. The molecule has 1 atom stereocenters. The number of likely N-dealkylation sites (tertiary alicyclic amines) is 1. The van der Waals surface area contributed by atoms with Crippen LogP contribution < -0.4 is 0 Å². The van der Waals surface area contributed by atoms with Crippen LogP contribution in [-0.4, -0.2) is 43.4 Å². The fraction of sp³-hybridized carbons (Fsp3) is 0.611. The summed E-state index contributed by atoms with van der Waals surface area (Å²) < 4.78 is 11.3. The van der Waals surface area contributed by atoms with Crippen molar-refractivity contribution < 1.29 is 14.3 Å². The van der Waals surface area contributed by atoms with Crippen molar-refractivity contribution in [1.82, 2.24) is 4.90 Å². The third kappa shape index (κ3) is 3.54. The summed E-state index contributed by atoms with van der Waals surface area (Å²) in [6, 6.07) is 7.57. The van der Waals surface area contributed by atoms with Gasteiger partial charge in [-0.3, -0.25) is 4.79 Å². The Morgan fingerprint density at radius 2 is 2.04 bits per heavy atom. The molecule has 3 rings (SSSR count). The minimum absolute atomic E-state index is 0.141. The van der Waals surface area contributed by atoms with E-state index in [9.17, 15) is 4.79 Å². The largest absolute Gasteiger partial charge is 0.350 e. The fourth-order valence-electron chi connectivity index (χ4n) is 3.46. The second-order valence-corrected chi connectivity index (χ2v) is 7.34. The van der Waals surface area contributed by atoms with Crippen molar-refractivity contribution >= 4 is 17.5 Å². The van der Waals surface area contributed by atoms with E-state index in [1.807, 2.05) is 43.0 Å². The quantitative estimate of drug-likeness (QED) is 0.850. The van der Waals surface area contributed by atoms with Crippen molar-refractivity contribution in [2.24, 2.45) is 5.92 Å². The second kappa shape index (κ2) is 6.80. The third-order valence-electron chi connectivity index (χ3n) is 4.86. The van der Waals surface area contributed by atoms with E-state index in [4.69, 9.17) is 21.1 Å². The molecule has 0 aromatic heterocycles. The average Bonchev–Trinajstić information content (AvgIpc) is 3.09. The molecule has 1 amide bonds. The van der Waals surface area contributed by atoms with Crippen molar-refractivity contribution in [3.05, 3.63) is 34.9 Å². The standard InChI is InChI=1S/C18H24ClNO3/c1-18(2,14-6-3-7-15(19)11-14)17(21)20-8-4-5-13(12-20)16-22-9-10-23-16/h3,6-7,11,13,16H,4-5,8-10,12H2,1-2H3/t13-/m0/s1. The first-order chi connectivity index (χ1) is 11.0. The highest BCUT2D eigenvalue weighted by atomic mass is 35.5. The molecule has 2 heterocycles. The molecule has 0 radical (unpaired) electrons. The van der Waals surface area contributed by atoms with Gasteiger partial charge >= 0.3 is 0 Å². The lowest BCUT2D eigenvalue weighted by Gasteiger charge is -2.39. The summed E-state index contributed by atoms with van der Waals surface area (Å²) in [4.78, 5) is 15.1. The number of hydrogen-bond acceptors (Lipinski definition) is 3. The molecule has 126 valence electrons. The highest BCUT2D eigenvalue weighted by Crippen LogP contribution is 2.31. The van der Waals surface area contributed by atoms with Crippen molar-refractivity contribution in [2.75, 3.05) is 26.3 Å². The van der Waals surface area contributed by atoms with Crippen LogP contribution >= 0.6 is 11.6 Å². The molecule has 0 N–H and O–H groups in total. The van der Waals surface area contributed by atoms with Gasteiger partial charge in [0.25, 0.3) is 0 Å². The lowest BCUT2D eigenvalue weighted by molar-refractivity contribution is -0.144. The van der Waals surface area contributed by atoms with E-state index < -0.39 is 5.41 Å². The van der Waals surface area contributed by atoms with Crippen LogP contribution in [0.4, 0.5) is 0 Å². The Hall–Kier alpha value is -1.10. The number of ether oxygens (including phenoxy) is 2. The Kier molecular flexibility index (Phi) is 4.95. The average molecular weight is 338 g/mol. The monoisotopic (exact) mass is 337 g/mol. The smallest absolute Gasteiger partial charge is 0.232 e. The van der Waals surface area contributed by atoms with Gasteiger partial charge in [0.15, 0.2) is 6.29 Å². The summed E-state index contributed by atoms with van der Waals surface area (Å²) in [5, 5.41) is 0.660. The number of amides is 1. The molecule has 0 bridgehead atoms. The molecule has 4 nitrogen and oxygen atoms in total. The van der Waals surface area contributed by atoms with E-state index in [2.05, 4.69) is 0 Å². The normalized spacial score (nSPS) is 23.3. The van der Waals surface area contributed by atoms with Gasteiger partial charge in [-0.25, -0.2) is 0 Å². The zero-order valence-electron chi connectivity index (χ0n) is 13.8. The van der Waals surface area contributed by atoms with Crippen LogP contribution in [0.2, 0.25) is 5.02 Å². The van der Waals surface area contributed by atoms with Gasteiger partial charge in [0.1, 0.15) is 0 Å². The van der Waals surface area contributed by atoms with Crippen molar-refractivity contribution in [3.8, 4) is 0 Å². The number of halogens is 1. The minimum Gasteiger partial charge on any atom is -0.350 e. The molecule has 5 heteroatoms. The van der Waals surface area contributed by atoms with Gasteiger partial charge < -0.3 is 14.4 Å². The Labute approximate surface area is 142 Å². The topological polar surface area (TPSA) is 38.8 Å². The van der Waals surface area contributed by atoms with E-state index in [1.54, 1.807) is 0 Å². The van der Waals surface area contributed by atoms with Crippen LogP contribution in [0.5, 0.6) is 0 Å². The molecule has 1 aromatic rings. The van der Waals surface area contributed by atoms with Gasteiger partial charge in [-0.2, -0.15) is 0 Å². The van der Waals surface area contributed by atoms with E-state index in [1.165, 1.54) is 0 Å². The lowest BCUT2D eigenvalue weighted by Crippen LogP contribution is -2.49. The highest BCUT2D eigenvalue weighted by Gasteiger charge is 2.38. The predicted molar refractivity (Wildman–Crippen MR) is 89.5 cm³/mol. The molecule has 2 aliphatic rings. The first-order valence-electron chi connectivity index (χ1n) is 8.27. The number of carbonyl (C=O) groups is 1. The SMILES string of the molecule is CC(C)(C(=O)N1CCC[C@H](C2OCCO2)C1)c1cccc(Cl)c1. The molecule has 23 heavy (non-hydrogen) atoms. The number of benzene rings is 1. The van der Waals surface area contributed by atoms with Crippen LogP contribution in [0.25, 0.3) is 0 Å². The van der Waals surface area contributed by atoms with Gasteiger partial charge in [0, 0.05) is 24.0 Å². The first kappa shape index (κ1) is 16.7. The van der Waals surface area contributed by atoms with Gasteiger partial charge in [-0.1, -0.05) is 23.7 Å². The molecule has 0 saturated carbocycles. The summed E-state index contributed by atoms with van der Waals surface area (Å²) >= 11 is 6.09. The maximum atomic E-state index is 13.1. The van der Waals surface area contributed by atoms with E-state index >= 15 is 0 Å². The van der Waals surface area contributed by atoms with Gasteiger partial charge in [0.05, 0.1) is 18.6 Å². The molecule has 2 aliphatic heterocycles. The molecular formula is C18H24ClNO3. The van der Waals surface area contributed by atoms with E-state index in [0.717, 1.165) is 24.9 Å². The second-order valence-electron chi connectivity index (χ2n) is 6.90. The fourth-order valence-corrected chi connectivity index (χ4v) is 3.65.